The van der Waals surface area contributed by atoms with Crippen molar-refractivity contribution in [3.63, 3.8) is 0 Å². The average molecular weight is 1350 g/mol. The van der Waals surface area contributed by atoms with Crippen LogP contribution in [-0.2, 0) is 4.79 Å². The second-order valence-corrected chi connectivity index (χ2v) is 25.2. The van der Waals surface area contributed by atoms with Crippen LogP contribution in [0.25, 0.3) is 66.9 Å². The second-order valence-electron chi connectivity index (χ2n) is 25.2. The molecule has 5 saturated carbocycles. The number of terminal acetylenes is 1. The highest BCUT2D eigenvalue weighted by atomic mass is 16.5. The number of nitrogens with two attached hydrogens (primary N) is 2. The van der Waals surface area contributed by atoms with Gasteiger partial charge in [0.05, 0.1) is 69.9 Å². The number of H-pyrrole nitrogens is 3. The van der Waals surface area contributed by atoms with Crippen molar-refractivity contribution in [2.75, 3.05) is 22.9 Å². The predicted octanol–water partition coefficient (Wildman–Crippen LogP) is 16.1. The van der Waals surface area contributed by atoms with Crippen molar-refractivity contribution in [1.82, 2.24) is 45.4 Å². The Morgan fingerprint density at radius 3 is 1.49 bits per heavy atom. The summed E-state index contributed by atoms with van der Waals surface area (Å²) in [6.07, 6.45) is 26.3. The lowest BCUT2D eigenvalue weighted by Gasteiger charge is -2.19. The van der Waals surface area contributed by atoms with Crippen LogP contribution in [0.1, 0.15) is 149 Å². The van der Waals surface area contributed by atoms with Crippen LogP contribution in [0, 0.1) is 35.5 Å². The SMILES string of the molecule is C#Cc1ccc(C=O)cc1.N#CC(Nc1ccc2nc[nH]c2c1)c1ccc(-c2cc(C3CC3)on2)cc1.NCC(Nc1ccc2nc[nH]c2c1)c1ccc(-c2cc(C3CC3)on2)cc1.Nc1ccc2nc[nH]c2c1.O=CC1CC1.O=Cc1ccc(-c2cc(C3CC3)no2)cc1.ON=CC1CC1. The van der Waals surface area contributed by atoms with Crippen LogP contribution in [0.2, 0.25) is 0 Å². The Balaban J connectivity index is 0.000000120. The van der Waals surface area contributed by atoms with Crippen molar-refractivity contribution in [3.05, 3.63) is 234 Å². The van der Waals surface area contributed by atoms with E-state index in [2.05, 4.69) is 103 Å². The number of oxime groups is 1. The Morgan fingerprint density at radius 2 is 1.04 bits per heavy atom. The normalized spacial score (nSPS) is 14.7. The first-order chi connectivity index (χ1) is 49.5. The fraction of sp³-hybridized carbons (Fsp3) is 0.228. The summed E-state index contributed by atoms with van der Waals surface area (Å²) in [7, 11) is 0. The molecule has 0 aliphatic heterocycles. The summed E-state index contributed by atoms with van der Waals surface area (Å²) in [6, 6.07) is 55.8. The summed E-state index contributed by atoms with van der Waals surface area (Å²) < 4.78 is 16.2. The Morgan fingerprint density at radius 1 is 0.554 bits per heavy atom. The molecule has 5 aliphatic carbocycles. The van der Waals surface area contributed by atoms with Gasteiger partial charge in [-0.15, -0.1) is 11.6 Å². The van der Waals surface area contributed by atoms with E-state index < -0.39 is 6.04 Å². The van der Waals surface area contributed by atoms with Gasteiger partial charge in [0.1, 0.15) is 47.8 Å². The van der Waals surface area contributed by atoms with E-state index in [-0.39, 0.29) is 6.04 Å². The van der Waals surface area contributed by atoms with Crippen LogP contribution in [0.15, 0.2) is 208 Å². The minimum absolute atomic E-state index is 0.0266. The largest absolute Gasteiger partial charge is 0.411 e. The molecule has 10 N–H and O–H groups in total. The van der Waals surface area contributed by atoms with Crippen molar-refractivity contribution in [2.45, 2.75) is 94.0 Å². The first kappa shape index (κ1) is 68.4. The number of nitrogens with zero attached hydrogens (tertiary/aromatic N) is 8. The summed E-state index contributed by atoms with van der Waals surface area (Å²) in [5.74, 6) is 8.00. The second kappa shape index (κ2) is 33.1. The van der Waals surface area contributed by atoms with Crippen molar-refractivity contribution in [1.29, 1.82) is 5.26 Å². The number of nitrogen functional groups attached to an aromatic ring is 1. The Kier molecular flexibility index (Phi) is 22.5. The number of nitriles is 1. The molecule has 2 unspecified atom stereocenters. The molecule has 101 heavy (non-hydrogen) atoms. The number of aromatic nitrogens is 9. The number of aldehydes is 3. The maximum absolute atomic E-state index is 10.5. The Bertz CT molecular complexity index is 4960. The van der Waals surface area contributed by atoms with Gasteiger partial charge in [-0.25, -0.2) is 15.0 Å². The quantitative estimate of drug-likeness (QED) is 0.0105. The standard InChI is InChI=1S/C21H21N5O.C21H17N5O.C13H11NO2.C9H6O.C7H7N3.C4H7NO.C4H6O/c2*22-11-20(25-16-7-8-17-19(9-16)24-12-23-17)14-3-1-13(2-4-14)18-10-21(27-26-18)15-5-6-15;15-8-9-1-3-11(4-2-9)13-7-12(14-16-13)10-5-6-10;1-2-8-3-5-9(7-10)6-4-8;8-5-1-2-6-7(3-5)10-4-9-6;6-5-3-4-1-2-4;5-3-4-1-2-4/h1-4,7-10,12,15,20,25H,5-6,11,22H2,(H,23,24);1-4,7-10,12,15,20,25H,5-6H2,(H,23,24);1-4,7-8,10H,5-6H2;1,3-7H;1-4H,8H2,(H,9,10);3-4,6H,1-2H2;3-4H,1-2H2. The lowest BCUT2D eigenvalue weighted by atomic mass is 10.0. The zero-order valence-electron chi connectivity index (χ0n) is 55.2. The number of nitrogens with one attached hydrogen (secondary N) is 5. The van der Waals surface area contributed by atoms with E-state index in [0.717, 1.165) is 150 Å². The van der Waals surface area contributed by atoms with Gasteiger partial charge in [0.15, 0.2) is 5.76 Å². The molecule has 0 radical (unpaired) electrons. The number of imidazole rings is 3. The van der Waals surface area contributed by atoms with Gasteiger partial charge in [-0.2, -0.15) is 5.26 Å². The smallest absolute Gasteiger partial charge is 0.167 e. The third kappa shape index (κ3) is 19.4. The predicted molar refractivity (Wildman–Crippen MR) is 389 cm³/mol. The topological polar surface area (TPSA) is 348 Å². The van der Waals surface area contributed by atoms with Crippen LogP contribution < -0.4 is 22.1 Å². The van der Waals surface area contributed by atoms with E-state index in [1.165, 1.54) is 51.4 Å². The summed E-state index contributed by atoms with van der Waals surface area (Å²) in [5, 5.41) is 39.5. The molecule has 5 aliphatic rings. The molecule has 6 heterocycles. The maximum Gasteiger partial charge on any atom is 0.167 e. The molecule has 0 bridgehead atoms. The number of fused-ring (bicyclic) bond motifs is 3. The number of rotatable bonds is 17. The van der Waals surface area contributed by atoms with Crippen LogP contribution in [0.3, 0.4) is 0 Å². The van der Waals surface area contributed by atoms with E-state index >= 15 is 0 Å². The highest BCUT2D eigenvalue weighted by Gasteiger charge is 2.30. The number of hydrogen-bond acceptors (Lipinski definition) is 19. The molecule has 6 aromatic heterocycles. The molecule has 2 atom stereocenters. The molecule has 22 nitrogen and oxygen atoms in total. The zero-order chi connectivity index (χ0) is 69.9. The van der Waals surface area contributed by atoms with Gasteiger partial charge in [0, 0.05) is 105 Å². The van der Waals surface area contributed by atoms with E-state index in [1.54, 1.807) is 61.6 Å². The molecule has 5 fully saturated rings. The molecule has 0 spiro atoms. The third-order valence-electron chi connectivity index (χ3n) is 17.2. The summed E-state index contributed by atoms with van der Waals surface area (Å²) >= 11 is 0. The van der Waals surface area contributed by atoms with E-state index in [9.17, 15) is 19.6 Å². The molecule has 18 rings (SSSR count). The number of carbonyl (C=O) groups is 3. The van der Waals surface area contributed by atoms with Crippen LogP contribution in [-0.4, -0.2) is 82.2 Å². The number of hydrogen-bond donors (Lipinski definition) is 8. The van der Waals surface area contributed by atoms with Gasteiger partial charge < -0.3 is 60.6 Å². The first-order valence-electron chi connectivity index (χ1n) is 33.5. The number of benzene rings is 7. The van der Waals surface area contributed by atoms with Crippen LogP contribution in [0.4, 0.5) is 17.1 Å². The molecule has 22 heteroatoms. The zero-order valence-corrected chi connectivity index (χ0v) is 55.2. The third-order valence-corrected chi connectivity index (χ3v) is 17.2. The summed E-state index contributed by atoms with van der Waals surface area (Å²) in [5.41, 5.74) is 29.9. The van der Waals surface area contributed by atoms with Crippen LogP contribution in [0.5, 0.6) is 0 Å². The number of anilines is 3. The lowest BCUT2D eigenvalue weighted by Crippen LogP contribution is -2.20. The minimum atomic E-state index is -0.446. The van der Waals surface area contributed by atoms with Gasteiger partial charge in [0.2, 0.25) is 0 Å². The van der Waals surface area contributed by atoms with Crippen molar-refractivity contribution >= 4 is 75.2 Å². The van der Waals surface area contributed by atoms with Crippen molar-refractivity contribution in [2.24, 2.45) is 22.7 Å². The fourth-order valence-electron chi connectivity index (χ4n) is 10.5. The average Bonchev–Trinajstić information content (AvgIpc) is 1.68. The first-order valence-corrected chi connectivity index (χ1v) is 33.5. The number of carbonyl (C=O) groups excluding carboxylic acids is 3. The summed E-state index contributed by atoms with van der Waals surface area (Å²) in [6.45, 7) is 0.496. The molecule has 508 valence electrons. The highest BCUT2D eigenvalue weighted by molar-refractivity contribution is 5.81. The van der Waals surface area contributed by atoms with Gasteiger partial charge in [0.25, 0.3) is 0 Å². The van der Waals surface area contributed by atoms with E-state index in [4.69, 9.17) is 36.7 Å². The van der Waals surface area contributed by atoms with Crippen LogP contribution >= 0.6 is 0 Å². The Hall–Kier alpha value is -12.5. The molecular weight excluding hydrogens is 1270 g/mol. The Labute approximate surface area is 582 Å². The minimum Gasteiger partial charge on any atom is -0.411 e. The lowest BCUT2D eigenvalue weighted by molar-refractivity contribution is -0.108. The molecule has 13 aromatic rings. The summed E-state index contributed by atoms with van der Waals surface area (Å²) in [4.78, 5) is 51.9. The van der Waals surface area contributed by atoms with Crippen molar-refractivity contribution in [3.8, 4) is 52.3 Å². The monoisotopic (exact) mass is 1350 g/mol. The fourth-order valence-corrected chi connectivity index (χ4v) is 10.5. The number of aromatic amines is 3. The van der Waals surface area contributed by atoms with Crippen molar-refractivity contribution < 1.29 is 33.2 Å². The maximum atomic E-state index is 10.5. The van der Waals surface area contributed by atoms with E-state index in [1.807, 2.05) is 103 Å². The molecule has 7 aromatic carbocycles. The molecule has 0 amide bonds. The van der Waals surface area contributed by atoms with Gasteiger partial charge in [-0.1, -0.05) is 106 Å². The van der Waals surface area contributed by atoms with Gasteiger partial charge in [-0.05, 0) is 148 Å². The van der Waals surface area contributed by atoms with Gasteiger partial charge in [-0.3, -0.25) is 9.59 Å². The molecular formula is C79H75N15O7. The van der Waals surface area contributed by atoms with Gasteiger partial charge >= 0.3 is 0 Å². The molecule has 0 saturated heterocycles. The van der Waals surface area contributed by atoms with E-state index in [0.29, 0.717) is 47.3 Å². The highest BCUT2D eigenvalue weighted by Crippen LogP contribution is 2.43.